The largest absolute Gasteiger partial charge is 0.364 e. The number of hydrogen-bond donors (Lipinski definition) is 3. The van der Waals surface area contributed by atoms with Crippen LogP contribution < -0.4 is 11.1 Å². The molecule has 0 bridgehead atoms. The van der Waals surface area contributed by atoms with Gasteiger partial charge in [-0.25, -0.2) is 0 Å². The maximum absolute atomic E-state index is 11.7. The number of aromatic amines is 1. The third-order valence-corrected chi connectivity index (χ3v) is 2.32. The Balaban J connectivity index is 1.97. The molecule has 0 radical (unpaired) electrons. The number of anilines is 1. The van der Waals surface area contributed by atoms with Gasteiger partial charge in [0, 0.05) is 6.07 Å². The van der Waals surface area contributed by atoms with E-state index in [1.807, 2.05) is 30.3 Å². The molecule has 0 saturated carbocycles. The molecule has 0 atom stereocenters. The molecule has 2 rings (SSSR count). The van der Waals surface area contributed by atoms with Crippen LogP contribution >= 0.6 is 0 Å². The minimum absolute atomic E-state index is 0.157. The molecular weight excluding hydrogens is 232 g/mol. The first-order valence-corrected chi connectivity index (χ1v) is 5.34. The van der Waals surface area contributed by atoms with Gasteiger partial charge in [-0.3, -0.25) is 14.7 Å². The van der Waals surface area contributed by atoms with E-state index in [9.17, 15) is 9.59 Å². The maximum Gasteiger partial charge on any atom is 0.266 e. The molecule has 0 aliphatic rings. The minimum Gasteiger partial charge on any atom is -0.364 e. The number of carbonyl (C=O) groups excluding carboxylic acids is 2. The van der Waals surface area contributed by atoms with Crippen LogP contribution in [0, 0.1) is 0 Å². The van der Waals surface area contributed by atoms with E-state index < -0.39 is 5.91 Å². The van der Waals surface area contributed by atoms with Crippen molar-refractivity contribution in [3.8, 4) is 0 Å². The lowest BCUT2D eigenvalue weighted by molar-refractivity contribution is -0.115. The summed E-state index contributed by atoms with van der Waals surface area (Å²) in [5.74, 6) is -0.542. The number of amides is 2. The summed E-state index contributed by atoms with van der Waals surface area (Å²) in [6.07, 6.45) is 0.250. The molecule has 1 aromatic carbocycles. The summed E-state index contributed by atoms with van der Waals surface area (Å²) >= 11 is 0. The molecule has 92 valence electrons. The van der Waals surface area contributed by atoms with Gasteiger partial charge < -0.3 is 11.1 Å². The predicted molar refractivity (Wildman–Crippen MR) is 65.9 cm³/mol. The van der Waals surface area contributed by atoms with E-state index in [4.69, 9.17) is 5.73 Å². The Bertz CT molecular complexity index is 562. The van der Waals surface area contributed by atoms with Gasteiger partial charge >= 0.3 is 0 Å². The lowest BCUT2D eigenvalue weighted by Gasteiger charge is -2.01. The van der Waals surface area contributed by atoms with E-state index in [0.29, 0.717) is 0 Å². The molecule has 2 aromatic rings. The van der Waals surface area contributed by atoms with Crippen molar-refractivity contribution >= 4 is 17.6 Å². The normalized spacial score (nSPS) is 10.0. The predicted octanol–water partition coefficient (Wildman–Crippen LogP) is 0.690. The molecule has 0 aliphatic carbocycles. The first-order valence-electron chi connectivity index (χ1n) is 5.34. The van der Waals surface area contributed by atoms with Crippen molar-refractivity contribution in [3.05, 3.63) is 47.7 Å². The number of primary amides is 1. The lowest BCUT2D eigenvalue weighted by atomic mass is 10.1. The van der Waals surface area contributed by atoms with E-state index in [-0.39, 0.29) is 23.8 Å². The van der Waals surface area contributed by atoms with E-state index in [1.165, 1.54) is 6.07 Å². The van der Waals surface area contributed by atoms with E-state index in [1.54, 1.807) is 0 Å². The second-order valence-electron chi connectivity index (χ2n) is 3.74. The number of rotatable bonds is 4. The molecule has 0 unspecified atom stereocenters. The first-order chi connectivity index (χ1) is 8.65. The van der Waals surface area contributed by atoms with Crippen LogP contribution in [0.5, 0.6) is 0 Å². The highest BCUT2D eigenvalue weighted by molar-refractivity contribution is 5.94. The highest BCUT2D eigenvalue weighted by Crippen LogP contribution is 2.06. The van der Waals surface area contributed by atoms with Gasteiger partial charge in [0.2, 0.25) is 5.91 Å². The highest BCUT2D eigenvalue weighted by atomic mass is 16.2. The van der Waals surface area contributed by atoms with Crippen LogP contribution in [-0.4, -0.2) is 22.0 Å². The summed E-state index contributed by atoms with van der Waals surface area (Å²) in [6.45, 7) is 0. The highest BCUT2D eigenvalue weighted by Gasteiger charge is 2.09. The zero-order valence-electron chi connectivity index (χ0n) is 9.51. The number of nitrogens with zero attached hydrogens (tertiary/aromatic N) is 1. The number of H-pyrrole nitrogens is 1. The van der Waals surface area contributed by atoms with Crippen molar-refractivity contribution in [2.45, 2.75) is 6.42 Å². The van der Waals surface area contributed by atoms with Crippen molar-refractivity contribution in [3.63, 3.8) is 0 Å². The summed E-state index contributed by atoms with van der Waals surface area (Å²) in [5.41, 5.74) is 6.12. The lowest BCUT2D eigenvalue weighted by Crippen LogP contribution is -2.14. The molecule has 6 nitrogen and oxygen atoms in total. The Morgan fingerprint density at radius 1 is 1.28 bits per heavy atom. The van der Waals surface area contributed by atoms with Crippen molar-refractivity contribution < 1.29 is 9.59 Å². The standard InChI is InChI=1S/C12H12N4O2/c13-12(18)9-7-10(16-15-9)14-11(17)6-8-4-2-1-3-5-8/h1-5,7H,6H2,(H2,13,18)(H2,14,15,16,17). The van der Waals surface area contributed by atoms with Crippen molar-refractivity contribution in [1.82, 2.24) is 10.2 Å². The van der Waals surface area contributed by atoms with Crippen LogP contribution in [0.1, 0.15) is 16.1 Å². The third-order valence-electron chi connectivity index (χ3n) is 2.32. The molecule has 4 N–H and O–H groups in total. The van der Waals surface area contributed by atoms with Crippen LogP contribution in [0.4, 0.5) is 5.82 Å². The van der Waals surface area contributed by atoms with Crippen LogP contribution in [0.3, 0.4) is 0 Å². The number of aromatic nitrogens is 2. The number of nitrogens with two attached hydrogens (primary N) is 1. The summed E-state index contributed by atoms with van der Waals surface area (Å²) in [5, 5.41) is 8.77. The number of benzene rings is 1. The molecule has 2 amide bonds. The fourth-order valence-electron chi connectivity index (χ4n) is 1.48. The van der Waals surface area contributed by atoms with Gasteiger partial charge in [0.15, 0.2) is 5.82 Å². The SMILES string of the molecule is NC(=O)c1cc(NC(=O)Cc2ccccc2)n[nH]1. The van der Waals surface area contributed by atoms with Crippen LogP contribution in [-0.2, 0) is 11.2 Å². The molecule has 0 saturated heterocycles. The molecule has 1 heterocycles. The van der Waals surface area contributed by atoms with Gasteiger partial charge in [0.1, 0.15) is 5.69 Å². The van der Waals surface area contributed by atoms with Crippen molar-refractivity contribution in [2.75, 3.05) is 5.32 Å². The second kappa shape index (κ2) is 5.13. The maximum atomic E-state index is 11.7. The van der Waals surface area contributed by atoms with Crippen molar-refractivity contribution in [1.29, 1.82) is 0 Å². The molecule has 0 aliphatic heterocycles. The summed E-state index contributed by atoms with van der Waals surface area (Å²) in [6, 6.07) is 10.7. The minimum atomic E-state index is -0.619. The number of carbonyl (C=O) groups is 2. The first kappa shape index (κ1) is 11.8. The van der Waals surface area contributed by atoms with Gasteiger partial charge in [-0.05, 0) is 5.56 Å². The van der Waals surface area contributed by atoms with Gasteiger partial charge in [0.05, 0.1) is 6.42 Å². The topological polar surface area (TPSA) is 101 Å². The number of nitrogens with one attached hydrogen (secondary N) is 2. The molecule has 1 aromatic heterocycles. The van der Waals surface area contributed by atoms with Gasteiger partial charge in [-0.2, -0.15) is 5.10 Å². The van der Waals surface area contributed by atoms with Crippen LogP contribution in [0.15, 0.2) is 36.4 Å². The molecule has 0 spiro atoms. The summed E-state index contributed by atoms with van der Waals surface area (Å²) in [4.78, 5) is 22.5. The second-order valence-corrected chi connectivity index (χ2v) is 3.74. The van der Waals surface area contributed by atoms with E-state index in [0.717, 1.165) is 5.56 Å². The smallest absolute Gasteiger partial charge is 0.266 e. The quantitative estimate of drug-likeness (QED) is 0.737. The molecular formula is C12H12N4O2. The Morgan fingerprint density at radius 2 is 2.00 bits per heavy atom. The van der Waals surface area contributed by atoms with Crippen LogP contribution in [0.25, 0.3) is 0 Å². The molecule has 0 fully saturated rings. The Labute approximate surface area is 103 Å². The molecule has 6 heteroatoms. The van der Waals surface area contributed by atoms with E-state index in [2.05, 4.69) is 15.5 Å². The van der Waals surface area contributed by atoms with Crippen LogP contribution in [0.2, 0.25) is 0 Å². The fourth-order valence-corrected chi connectivity index (χ4v) is 1.48. The third kappa shape index (κ3) is 2.94. The van der Waals surface area contributed by atoms with Gasteiger partial charge in [0.25, 0.3) is 5.91 Å². The Morgan fingerprint density at radius 3 is 2.61 bits per heavy atom. The Hall–Kier alpha value is -2.63. The fraction of sp³-hybridized carbons (Fsp3) is 0.0833. The zero-order valence-corrected chi connectivity index (χ0v) is 9.51. The number of hydrogen-bond acceptors (Lipinski definition) is 3. The van der Waals surface area contributed by atoms with Gasteiger partial charge in [-0.1, -0.05) is 30.3 Å². The summed E-state index contributed by atoms with van der Waals surface area (Å²) in [7, 11) is 0. The monoisotopic (exact) mass is 244 g/mol. The molecule has 18 heavy (non-hydrogen) atoms. The van der Waals surface area contributed by atoms with E-state index >= 15 is 0 Å². The average Bonchev–Trinajstić information content (AvgIpc) is 2.78. The van der Waals surface area contributed by atoms with Gasteiger partial charge in [-0.15, -0.1) is 0 Å². The zero-order chi connectivity index (χ0) is 13.0. The summed E-state index contributed by atoms with van der Waals surface area (Å²) < 4.78 is 0. The Kier molecular flexibility index (Phi) is 3.38. The van der Waals surface area contributed by atoms with Crippen molar-refractivity contribution in [2.24, 2.45) is 5.73 Å². The average molecular weight is 244 g/mol.